The molecule has 9 nitrogen and oxygen atoms in total. The lowest BCUT2D eigenvalue weighted by atomic mass is 10.1. The first-order valence-electron chi connectivity index (χ1n) is 8.36. The van der Waals surface area contributed by atoms with Gasteiger partial charge in [-0.2, -0.15) is 13.7 Å². The summed E-state index contributed by atoms with van der Waals surface area (Å²) < 4.78 is 31.4. The van der Waals surface area contributed by atoms with Crippen molar-refractivity contribution in [2.45, 2.75) is 11.8 Å². The van der Waals surface area contributed by atoms with Crippen LogP contribution >= 0.6 is 0 Å². The number of nitriles is 1. The molecule has 0 spiro atoms. The number of rotatable bonds is 5. The van der Waals surface area contributed by atoms with Crippen molar-refractivity contribution in [2.24, 2.45) is 0 Å². The molecule has 0 amide bonds. The third kappa shape index (κ3) is 4.37. The van der Waals surface area contributed by atoms with E-state index in [-0.39, 0.29) is 16.3 Å². The molecule has 0 aliphatic rings. The third-order valence-corrected chi connectivity index (χ3v) is 5.06. The van der Waals surface area contributed by atoms with E-state index in [0.29, 0.717) is 34.1 Å². The van der Waals surface area contributed by atoms with Crippen molar-refractivity contribution < 1.29 is 13.0 Å². The summed E-state index contributed by atoms with van der Waals surface area (Å²) in [4.78, 5) is 4.18. The summed E-state index contributed by atoms with van der Waals surface area (Å²) >= 11 is 0. The highest BCUT2D eigenvalue weighted by Gasteiger charge is 2.16. The van der Waals surface area contributed by atoms with Crippen molar-refractivity contribution in [3.05, 3.63) is 59.7 Å². The molecule has 7 N–H and O–H groups in total. The van der Waals surface area contributed by atoms with E-state index in [1.807, 2.05) is 0 Å². The van der Waals surface area contributed by atoms with Gasteiger partial charge in [-0.3, -0.25) is 4.55 Å². The summed E-state index contributed by atoms with van der Waals surface area (Å²) in [7, 11) is -4.29. The molecule has 2 aromatic carbocycles. The maximum atomic E-state index is 11.2. The molecule has 3 aromatic rings. The number of benzene rings is 2. The van der Waals surface area contributed by atoms with Gasteiger partial charge in [0.1, 0.15) is 6.07 Å². The van der Waals surface area contributed by atoms with Crippen molar-refractivity contribution in [3.63, 3.8) is 0 Å². The van der Waals surface area contributed by atoms with Gasteiger partial charge < -0.3 is 22.1 Å². The summed E-state index contributed by atoms with van der Waals surface area (Å²) in [5.74, 6) is 0.597. The second-order valence-electron chi connectivity index (χ2n) is 6.21. The SMILES string of the molecule is Cc1c(N)c(Nc2ccc(N)cc2)nc(Nc2ccc(S(=O)(=O)O)cc2)c1C#N. The Morgan fingerprint density at radius 2 is 1.48 bits per heavy atom. The maximum Gasteiger partial charge on any atom is 0.294 e. The monoisotopic (exact) mass is 410 g/mol. The standard InChI is InChI=1S/C19H18N6O3S/c1-11-16(10-20)18(23-14-6-8-15(9-7-14)29(26,27)28)25-19(17(11)22)24-13-4-2-12(21)3-5-13/h2-9H,21-22H2,1H3,(H2,23,24,25)(H,26,27,28). The Labute approximate surface area is 167 Å². The Balaban J connectivity index is 1.98. The van der Waals surface area contributed by atoms with Crippen LogP contribution in [0.4, 0.5) is 34.4 Å². The quantitative estimate of drug-likeness (QED) is 0.313. The fourth-order valence-corrected chi connectivity index (χ4v) is 3.07. The highest BCUT2D eigenvalue weighted by molar-refractivity contribution is 7.85. The van der Waals surface area contributed by atoms with Crippen LogP contribution in [0, 0.1) is 18.3 Å². The minimum absolute atomic E-state index is 0.240. The lowest BCUT2D eigenvalue weighted by Gasteiger charge is -2.16. The summed E-state index contributed by atoms with van der Waals surface area (Å²) in [6.07, 6.45) is 0. The predicted molar refractivity (Wildman–Crippen MR) is 112 cm³/mol. The van der Waals surface area contributed by atoms with Gasteiger partial charge in [-0.1, -0.05) is 0 Å². The number of anilines is 6. The molecule has 0 aliphatic carbocycles. The molecule has 0 saturated heterocycles. The van der Waals surface area contributed by atoms with Crippen LogP contribution in [-0.2, 0) is 10.1 Å². The summed E-state index contributed by atoms with van der Waals surface area (Å²) in [5.41, 5.74) is 14.8. The molecule has 3 rings (SSSR count). The van der Waals surface area contributed by atoms with Crippen molar-refractivity contribution in [3.8, 4) is 6.07 Å². The fraction of sp³-hybridized carbons (Fsp3) is 0.0526. The summed E-state index contributed by atoms with van der Waals surface area (Å²) in [6, 6.07) is 14.4. The van der Waals surface area contributed by atoms with E-state index in [1.165, 1.54) is 24.3 Å². The summed E-state index contributed by atoms with van der Waals surface area (Å²) in [5, 5.41) is 15.6. The van der Waals surface area contributed by atoms with Gasteiger partial charge in [-0.05, 0) is 61.0 Å². The van der Waals surface area contributed by atoms with E-state index in [9.17, 15) is 13.7 Å². The number of nitrogens with one attached hydrogen (secondary N) is 2. The highest BCUT2D eigenvalue weighted by atomic mass is 32.2. The van der Waals surface area contributed by atoms with E-state index in [2.05, 4.69) is 21.7 Å². The second-order valence-corrected chi connectivity index (χ2v) is 7.63. The number of nitrogen functional groups attached to an aromatic ring is 2. The minimum Gasteiger partial charge on any atom is -0.399 e. The van der Waals surface area contributed by atoms with Crippen molar-refractivity contribution in [1.29, 1.82) is 5.26 Å². The fourth-order valence-electron chi connectivity index (χ4n) is 2.59. The molecule has 0 radical (unpaired) electrons. The minimum atomic E-state index is -4.29. The van der Waals surface area contributed by atoms with Crippen LogP contribution in [0.25, 0.3) is 0 Å². The van der Waals surface area contributed by atoms with Crippen molar-refractivity contribution in [1.82, 2.24) is 4.98 Å². The van der Waals surface area contributed by atoms with E-state index in [4.69, 9.17) is 16.0 Å². The molecule has 0 aliphatic heterocycles. The molecule has 1 heterocycles. The van der Waals surface area contributed by atoms with Gasteiger partial charge in [0.25, 0.3) is 10.1 Å². The average Bonchev–Trinajstić information content (AvgIpc) is 2.67. The lowest BCUT2D eigenvalue weighted by Crippen LogP contribution is -2.07. The number of nitrogens with two attached hydrogens (primary N) is 2. The molecular weight excluding hydrogens is 392 g/mol. The van der Waals surface area contributed by atoms with E-state index >= 15 is 0 Å². The van der Waals surface area contributed by atoms with Gasteiger partial charge in [-0.25, -0.2) is 4.98 Å². The number of aromatic nitrogens is 1. The van der Waals surface area contributed by atoms with Crippen LogP contribution in [0.5, 0.6) is 0 Å². The number of hydrogen-bond donors (Lipinski definition) is 5. The molecule has 0 saturated carbocycles. The zero-order valence-corrected chi connectivity index (χ0v) is 16.2. The molecule has 0 fully saturated rings. The molecule has 1 aromatic heterocycles. The molecule has 29 heavy (non-hydrogen) atoms. The molecule has 0 atom stereocenters. The van der Waals surface area contributed by atoms with Crippen molar-refractivity contribution in [2.75, 3.05) is 22.1 Å². The maximum absolute atomic E-state index is 11.2. The molecule has 148 valence electrons. The zero-order chi connectivity index (χ0) is 21.2. The van der Waals surface area contributed by atoms with Gasteiger partial charge in [0.2, 0.25) is 0 Å². The largest absolute Gasteiger partial charge is 0.399 e. The van der Waals surface area contributed by atoms with Crippen LogP contribution in [0.2, 0.25) is 0 Å². The molecule has 0 unspecified atom stereocenters. The Morgan fingerprint density at radius 1 is 0.966 bits per heavy atom. The Hall–Kier alpha value is -3.81. The molecular formula is C19H18N6O3S. The topological polar surface area (TPSA) is 167 Å². The van der Waals surface area contributed by atoms with E-state index in [0.717, 1.165) is 0 Å². The number of nitrogens with zero attached hydrogens (tertiary/aromatic N) is 2. The van der Waals surface area contributed by atoms with Crippen LogP contribution < -0.4 is 22.1 Å². The first-order chi connectivity index (χ1) is 13.7. The number of pyridine rings is 1. The Bertz CT molecular complexity index is 1200. The lowest BCUT2D eigenvalue weighted by molar-refractivity contribution is 0.483. The summed E-state index contributed by atoms with van der Waals surface area (Å²) in [6.45, 7) is 1.70. The van der Waals surface area contributed by atoms with Crippen LogP contribution in [0.3, 0.4) is 0 Å². The third-order valence-electron chi connectivity index (χ3n) is 4.19. The van der Waals surface area contributed by atoms with Gasteiger partial charge in [-0.15, -0.1) is 0 Å². The number of hydrogen-bond acceptors (Lipinski definition) is 8. The molecule has 0 bridgehead atoms. The molecule has 10 heteroatoms. The smallest absolute Gasteiger partial charge is 0.294 e. The first kappa shape index (κ1) is 19.9. The van der Waals surface area contributed by atoms with Crippen LogP contribution in [0.1, 0.15) is 11.1 Å². The average molecular weight is 410 g/mol. The van der Waals surface area contributed by atoms with Crippen molar-refractivity contribution >= 4 is 44.5 Å². The Kier molecular flexibility index (Phi) is 5.27. The normalized spacial score (nSPS) is 10.9. The van der Waals surface area contributed by atoms with Gasteiger partial charge in [0, 0.05) is 17.1 Å². The van der Waals surface area contributed by atoms with Gasteiger partial charge in [0.05, 0.1) is 16.1 Å². The highest BCUT2D eigenvalue weighted by Crippen LogP contribution is 2.32. The van der Waals surface area contributed by atoms with E-state index < -0.39 is 10.1 Å². The Morgan fingerprint density at radius 3 is 2.00 bits per heavy atom. The first-order valence-corrected chi connectivity index (χ1v) is 9.80. The predicted octanol–water partition coefficient (Wildman–Crippen LogP) is 3.16. The van der Waals surface area contributed by atoms with E-state index in [1.54, 1.807) is 31.2 Å². The van der Waals surface area contributed by atoms with Crippen LogP contribution in [-0.4, -0.2) is 18.0 Å². The second kappa shape index (κ2) is 7.67. The zero-order valence-electron chi connectivity index (χ0n) is 15.3. The van der Waals surface area contributed by atoms with Gasteiger partial charge >= 0.3 is 0 Å². The van der Waals surface area contributed by atoms with Gasteiger partial charge in [0.15, 0.2) is 11.6 Å². The van der Waals surface area contributed by atoms with Crippen LogP contribution in [0.15, 0.2) is 53.4 Å².